The van der Waals surface area contributed by atoms with E-state index in [0.29, 0.717) is 17.0 Å². The summed E-state index contributed by atoms with van der Waals surface area (Å²) < 4.78 is 40.5. The molecule has 6 heteroatoms. The van der Waals surface area contributed by atoms with Crippen molar-refractivity contribution in [1.82, 2.24) is 0 Å². The van der Waals surface area contributed by atoms with Crippen molar-refractivity contribution in [2.75, 3.05) is 0 Å². The number of aliphatic hydroxyl groups excluding tert-OH is 1. The van der Waals surface area contributed by atoms with Gasteiger partial charge in [-0.15, -0.1) is 11.3 Å². The monoisotopic (exact) mass is 336 g/mol. The molecule has 0 aliphatic heterocycles. The number of thiophene rings is 1. The van der Waals surface area contributed by atoms with Crippen LogP contribution in [0.2, 0.25) is 0 Å². The van der Waals surface area contributed by atoms with Crippen LogP contribution < -0.4 is 0 Å². The number of aryl methyl sites for hydroxylation is 1. The van der Waals surface area contributed by atoms with Crippen LogP contribution >= 0.6 is 27.3 Å². The minimum Gasteiger partial charge on any atom is -0.383 e. The molecule has 0 bridgehead atoms. The second-order valence-corrected chi connectivity index (χ2v) is 5.88. The molecule has 0 saturated heterocycles. The van der Waals surface area contributed by atoms with E-state index in [1.54, 1.807) is 6.07 Å². The van der Waals surface area contributed by atoms with Crippen molar-refractivity contribution in [3.63, 3.8) is 0 Å². The van der Waals surface area contributed by atoms with Gasteiger partial charge in [-0.05, 0) is 28.9 Å². The molecule has 1 aromatic carbocycles. The maximum Gasteiger partial charge on any atom is 0.135 e. The molecular weight excluding hydrogens is 329 g/mol. The van der Waals surface area contributed by atoms with E-state index in [-0.39, 0.29) is 0 Å². The van der Waals surface area contributed by atoms with Crippen molar-refractivity contribution in [2.24, 2.45) is 0 Å². The van der Waals surface area contributed by atoms with E-state index < -0.39 is 29.1 Å². The van der Waals surface area contributed by atoms with Gasteiger partial charge in [0.1, 0.15) is 23.6 Å². The minimum absolute atomic E-state index is 0.392. The Morgan fingerprint density at radius 3 is 2.17 bits per heavy atom. The summed E-state index contributed by atoms with van der Waals surface area (Å²) in [6, 6.07) is 2.70. The summed E-state index contributed by atoms with van der Waals surface area (Å²) in [6.45, 7) is 1.81. The second kappa shape index (κ2) is 5.03. The predicted octanol–water partition coefficient (Wildman–Crippen LogP) is 4.32. The molecule has 0 saturated carbocycles. The molecule has 0 aliphatic carbocycles. The summed E-state index contributed by atoms with van der Waals surface area (Å²) in [6.07, 6.45) is -1.44. The maximum absolute atomic E-state index is 13.5. The molecule has 0 fully saturated rings. The largest absolute Gasteiger partial charge is 0.383 e. The Morgan fingerprint density at radius 2 is 1.72 bits per heavy atom. The molecule has 96 valence electrons. The van der Waals surface area contributed by atoms with E-state index in [0.717, 1.165) is 9.35 Å². The third-order valence-electron chi connectivity index (χ3n) is 2.46. The lowest BCUT2D eigenvalue weighted by molar-refractivity contribution is 0.212. The molecule has 18 heavy (non-hydrogen) atoms. The van der Waals surface area contributed by atoms with Crippen LogP contribution in [0.3, 0.4) is 0 Å². The highest BCUT2D eigenvalue weighted by Crippen LogP contribution is 2.35. The van der Waals surface area contributed by atoms with Crippen LogP contribution in [0.15, 0.2) is 22.7 Å². The van der Waals surface area contributed by atoms with Gasteiger partial charge in [0.05, 0.1) is 5.56 Å². The average molecular weight is 337 g/mol. The number of aliphatic hydroxyl groups is 1. The highest BCUT2D eigenvalue weighted by molar-refractivity contribution is 9.10. The Balaban J connectivity index is 2.49. The van der Waals surface area contributed by atoms with E-state index >= 15 is 0 Å². The number of halogens is 4. The first kappa shape index (κ1) is 13.6. The van der Waals surface area contributed by atoms with Gasteiger partial charge >= 0.3 is 0 Å². The summed E-state index contributed by atoms with van der Waals surface area (Å²) in [7, 11) is 0. The first-order valence-corrected chi connectivity index (χ1v) is 6.59. The molecule has 1 heterocycles. The van der Waals surface area contributed by atoms with Crippen molar-refractivity contribution >= 4 is 27.3 Å². The number of hydrogen-bond acceptors (Lipinski definition) is 2. The third kappa shape index (κ3) is 2.46. The zero-order valence-electron chi connectivity index (χ0n) is 9.18. The smallest absolute Gasteiger partial charge is 0.135 e. The summed E-state index contributed by atoms with van der Waals surface area (Å²) >= 11 is 4.47. The number of hydrogen-bond donors (Lipinski definition) is 1. The maximum atomic E-state index is 13.5. The van der Waals surface area contributed by atoms with E-state index in [1.165, 1.54) is 11.3 Å². The van der Waals surface area contributed by atoms with Gasteiger partial charge in [-0.1, -0.05) is 0 Å². The van der Waals surface area contributed by atoms with Crippen molar-refractivity contribution in [2.45, 2.75) is 13.0 Å². The molecule has 2 rings (SSSR count). The van der Waals surface area contributed by atoms with Crippen LogP contribution in [-0.4, -0.2) is 5.11 Å². The van der Waals surface area contributed by atoms with Crippen LogP contribution in [0.25, 0.3) is 0 Å². The molecule has 2 aromatic rings. The van der Waals surface area contributed by atoms with Crippen LogP contribution in [0.4, 0.5) is 13.2 Å². The van der Waals surface area contributed by atoms with Gasteiger partial charge in [-0.2, -0.15) is 0 Å². The molecule has 1 atom stereocenters. The summed E-state index contributed by atoms with van der Waals surface area (Å²) in [5.74, 6) is -3.20. The normalized spacial score (nSPS) is 12.8. The second-order valence-electron chi connectivity index (χ2n) is 3.74. The van der Waals surface area contributed by atoms with Gasteiger partial charge in [0.25, 0.3) is 0 Å². The van der Waals surface area contributed by atoms with Gasteiger partial charge in [-0.25, -0.2) is 13.2 Å². The Labute approximate surface area is 114 Å². The van der Waals surface area contributed by atoms with Gasteiger partial charge in [-0.3, -0.25) is 0 Å². The Kier molecular flexibility index (Phi) is 3.79. The Hall–Kier alpha value is -0.850. The first-order valence-electron chi connectivity index (χ1n) is 4.98. The average Bonchev–Trinajstić information content (AvgIpc) is 2.57. The topological polar surface area (TPSA) is 20.2 Å². The summed E-state index contributed by atoms with van der Waals surface area (Å²) in [5.41, 5.74) is -0.537. The Morgan fingerprint density at radius 1 is 1.17 bits per heavy atom. The van der Waals surface area contributed by atoms with Crippen LogP contribution in [-0.2, 0) is 0 Å². The lowest BCUT2D eigenvalue weighted by Gasteiger charge is -2.11. The van der Waals surface area contributed by atoms with E-state index in [1.807, 2.05) is 6.92 Å². The van der Waals surface area contributed by atoms with E-state index in [9.17, 15) is 18.3 Å². The van der Waals surface area contributed by atoms with Gasteiger partial charge in [0, 0.05) is 26.4 Å². The van der Waals surface area contributed by atoms with Crippen molar-refractivity contribution in [3.05, 3.63) is 55.4 Å². The molecule has 1 aromatic heterocycles. The van der Waals surface area contributed by atoms with E-state index in [2.05, 4.69) is 15.9 Å². The molecule has 1 N–H and O–H groups in total. The van der Waals surface area contributed by atoms with E-state index in [4.69, 9.17) is 0 Å². The number of benzene rings is 1. The predicted molar refractivity (Wildman–Crippen MR) is 67.1 cm³/mol. The van der Waals surface area contributed by atoms with Gasteiger partial charge < -0.3 is 5.11 Å². The standard InChI is InChI=1S/C12H8BrF3OS/c1-5-7(13)4-10(18-5)12(17)11-8(15)2-6(14)3-9(11)16/h2-4,12,17H,1H3. The minimum atomic E-state index is -1.44. The van der Waals surface area contributed by atoms with Crippen molar-refractivity contribution in [1.29, 1.82) is 0 Å². The highest BCUT2D eigenvalue weighted by Gasteiger charge is 2.23. The summed E-state index contributed by atoms with van der Waals surface area (Å²) in [5, 5.41) is 9.97. The fourth-order valence-electron chi connectivity index (χ4n) is 1.57. The quantitative estimate of drug-likeness (QED) is 0.865. The van der Waals surface area contributed by atoms with Gasteiger partial charge in [0.15, 0.2) is 0 Å². The highest BCUT2D eigenvalue weighted by atomic mass is 79.9. The fraction of sp³-hybridized carbons (Fsp3) is 0.167. The third-order valence-corrected chi connectivity index (χ3v) is 4.65. The van der Waals surface area contributed by atoms with Gasteiger partial charge in [0.2, 0.25) is 0 Å². The molecule has 0 amide bonds. The van der Waals surface area contributed by atoms with Crippen molar-refractivity contribution < 1.29 is 18.3 Å². The SMILES string of the molecule is Cc1sc(C(O)c2c(F)cc(F)cc2F)cc1Br. The Bertz CT molecular complexity index is 554. The van der Waals surface area contributed by atoms with Crippen LogP contribution in [0.1, 0.15) is 21.4 Å². The molecule has 0 spiro atoms. The molecule has 1 unspecified atom stereocenters. The fourth-order valence-corrected chi connectivity index (χ4v) is 3.13. The summed E-state index contributed by atoms with van der Waals surface area (Å²) in [4.78, 5) is 1.27. The lowest BCUT2D eigenvalue weighted by Crippen LogP contribution is -2.05. The molecule has 0 radical (unpaired) electrons. The van der Waals surface area contributed by atoms with Crippen LogP contribution in [0, 0.1) is 24.4 Å². The number of rotatable bonds is 2. The molecule has 1 nitrogen and oxygen atoms in total. The molecule has 0 aliphatic rings. The zero-order chi connectivity index (χ0) is 13.4. The first-order chi connectivity index (χ1) is 8.40. The van der Waals surface area contributed by atoms with Crippen molar-refractivity contribution in [3.8, 4) is 0 Å². The zero-order valence-corrected chi connectivity index (χ0v) is 11.6. The lowest BCUT2D eigenvalue weighted by atomic mass is 10.1. The van der Waals surface area contributed by atoms with Crippen LogP contribution in [0.5, 0.6) is 0 Å². The molecular formula is C12H8BrF3OS.